The number of para-hydroxylation sites is 1. The summed E-state index contributed by atoms with van der Waals surface area (Å²) in [5, 5.41) is 2.27. The average Bonchev–Trinajstić information content (AvgIpc) is 3.66. The van der Waals surface area contributed by atoms with Gasteiger partial charge in [-0.3, -0.25) is 0 Å². The lowest BCUT2D eigenvalue weighted by atomic mass is 9.96. The predicted octanol–water partition coefficient (Wildman–Crippen LogP) is 13.4. The molecule has 8 aromatic carbocycles. The molecule has 2 aromatic heterocycles. The van der Waals surface area contributed by atoms with Gasteiger partial charge in [0.15, 0.2) is 17.5 Å². The van der Waals surface area contributed by atoms with Crippen LogP contribution in [0.2, 0.25) is 0 Å². The molecule has 0 aliphatic carbocycles. The molecule has 55 heavy (non-hydrogen) atoms. The first-order chi connectivity index (χ1) is 27.3. The van der Waals surface area contributed by atoms with Crippen LogP contribution < -0.4 is 0 Å². The van der Waals surface area contributed by atoms with Crippen molar-refractivity contribution in [2.45, 2.75) is 0 Å². The van der Waals surface area contributed by atoms with Crippen molar-refractivity contribution < 1.29 is 4.42 Å². The van der Waals surface area contributed by atoms with E-state index in [9.17, 15) is 0 Å². The smallest absolute Gasteiger partial charge is 0.164 e. The van der Waals surface area contributed by atoms with Gasteiger partial charge in [0.05, 0.1) is 0 Å². The van der Waals surface area contributed by atoms with Gasteiger partial charge < -0.3 is 4.42 Å². The summed E-state index contributed by atoms with van der Waals surface area (Å²) in [5.41, 5.74) is 13.5. The van der Waals surface area contributed by atoms with E-state index in [2.05, 4.69) is 158 Å². The maximum atomic E-state index is 6.16. The molecule has 0 saturated heterocycles. The zero-order chi connectivity index (χ0) is 36.6. The van der Waals surface area contributed by atoms with E-state index in [1.165, 1.54) is 0 Å². The Hall–Kier alpha value is -7.43. The van der Waals surface area contributed by atoms with Gasteiger partial charge in [-0.15, -0.1) is 0 Å². The minimum Gasteiger partial charge on any atom is -0.456 e. The molecule has 0 saturated carbocycles. The Kier molecular flexibility index (Phi) is 8.12. The first-order valence-corrected chi connectivity index (χ1v) is 18.4. The molecule has 0 radical (unpaired) electrons. The van der Waals surface area contributed by atoms with Crippen molar-refractivity contribution in [3.63, 3.8) is 0 Å². The zero-order valence-corrected chi connectivity index (χ0v) is 29.8. The van der Waals surface area contributed by atoms with Crippen molar-refractivity contribution in [2.75, 3.05) is 0 Å². The van der Waals surface area contributed by atoms with E-state index < -0.39 is 0 Å². The highest BCUT2D eigenvalue weighted by Crippen LogP contribution is 2.38. The quantitative estimate of drug-likeness (QED) is 0.166. The Bertz CT molecular complexity index is 2850. The lowest BCUT2D eigenvalue weighted by Gasteiger charge is -2.14. The minimum absolute atomic E-state index is 0.619. The average molecular weight is 704 g/mol. The Morgan fingerprint density at radius 3 is 1.24 bits per heavy atom. The molecule has 0 unspecified atom stereocenters. The molecule has 0 N–H and O–H groups in total. The monoisotopic (exact) mass is 703 g/mol. The number of benzene rings is 8. The number of rotatable bonds is 7. The highest BCUT2D eigenvalue weighted by molar-refractivity contribution is 6.12. The van der Waals surface area contributed by atoms with E-state index in [-0.39, 0.29) is 0 Å². The molecule has 0 atom stereocenters. The van der Waals surface area contributed by atoms with Crippen LogP contribution in [-0.4, -0.2) is 15.0 Å². The molecular formula is C51H33N3O. The summed E-state index contributed by atoms with van der Waals surface area (Å²) in [6.07, 6.45) is 0. The van der Waals surface area contributed by atoms with Gasteiger partial charge in [0, 0.05) is 27.5 Å². The van der Waals surface area contributed by atoms with E-state index in [1.807, 2.05) is 42.5 Å². The molecule has 0 aliphatic heterocycles. The summed E-state index contributed by atoms with van der Waals surface area (Å²) in [7, 11) is 0. The van der Waals surface area contributed by atoms with Crippen molar-refractivity contribution >= 4 is 21.9 Å². The van der Waals surface area contributed by atoms with Crippen LogP contribution in [-0.2, 0) is 0 Å². The van der Waals surface area contributed by atoms with Gasteiger partial charge in [-0.25, -0.2) is 15.0 Å². The van der Waals surface area contributed by atoms with E-state index in [0.717, 1.165) is 83.1 Å². The topological polar surface area (TPSA) is 51.8 Å². The van der Waals surface area contributed by atoms with Crippen LogP contribution in [0.1, 0.15) is 0 Å². The molecule has 0 bridgehead atoms. The summed E-state index contributed by atoms with van der Waals surface area (Å²) in [6, 6.07) is 69.2. The Morgan fingerprint density at radius 1 is 0.255 bits per heavy atom. The van der Waals surface area contributed by atoms with Crippen LogP contribution in [0.3, 0.4) is 0 Å². The summed E-state index contributed by atoms with van der Waals surface area (Å²) in [6.45, 7) is 0. The Morgan fingerprint density at radius 2 is 0.655 bits per heavy atom. The summed E-state index contributed by atoms with van der Waals surface area (Å²) in [4.78, 5) is 15.5. The molecule has 4 nitrogen and oxygen atoms in total. The molecule has 4 heteroatoms. The second-order valence-corrected chi connectivity index (χ2v) is 13.6. The number of nitrogens with zero attached hydrogens (tertiary/aromatic N) is 3. The first-order valence-electron chi connectivity index (χ1n) is 18.4. The fourth-order valence-electron chi connectivity index (χ4n) is 7.51. The largest absolute Gasteiger partial charge is 0.456 e. The highest BCUT2D eigenvalue weighted by atomic mass is 16.3. The van der Waals surface area contributed by atoms with Crippen LogP contribution in [0.15, 0.2) is 205 Å². The minimum atomic E-state index is 0.619. The van der Waals surface area contributed by atoms with Gasteiger partial charge in [0.25, 0.3) is 0 Å². The summed E-state index contributed by atoms with van der Waals surface area (Å²) < 4.78 is 6.16. The summed E-state index contributed by atoms with van der Waals surface area (Å²) >= 11 is 0. The number of hydrogen-bond acceptors (Lipinski definition) is 4. The van der Waals surface area contributed by atoms with Crippen LogP contribution in [0.25, 0.3) is 101 Å². The Labute approximate surface area is 319 Å². The van der Waals surface area contributed by atoms with Crippen molar-refractivity contribution in [2.24, 2.45) is 0 Å². The lowest BCUT2D eigenvalue weighted by molar-refractivity contribution is 0.669. The second kappa shape index (κ2) is 13.8. The van der Waals surface area contributed by atoms with Crippen LogP contribution in [0, 0.1) is 0 Å². The SMILES string of the molecule is c1ccc(-c2ccccc2-c2nc(-c3ccc(-c4ccc(-c5cccc6oc7ccccc7c56)cc4)cc3)nc(-c3ccccc3-c3ccccc3)n2)cc1. The third kappa shape index (κ3) is 6.06. The van der Waals surface area contributed by atoms with Crippen molar-refractivity contribution in [3.8, 4) is 78.7 Å². The van der Waals surface area contributed by atoms with Gasteiger partial charge in [-0.1, -0.05) is 188 Å². The number of fused-ring (bicyclic) bond motifs is 3. The molecule has 0 aliphatic rings. The molecule has 0 fully saturated rings. The van der Waals surface area contributed by atoms with Crippen LogP contribution in [0.4, 0.5) is 0 Å². The first kappa shape index (κ1) is 32.2. The van der Waals surface area contributed by atoms with E-state index in [0.29, 0.717) is 17.5 Å². The second-order valence-electron chi connectivity index (χ2n) is 13.6. The maximum Gasteiger partial charge on any atom is 0.164 e. The Balaban J connectivity index is 1.05. The fraction of sp³-hybridized carbons (Fsp3) is 0. The third-order valence-corrected chi connectivity index (χ3v) is 10.2. The van der Waals surface area contributed by atoms with Crippen molar-refractivity contribution in [1.82, 2.24) is 15.0 Å². The van der Waals surface area contributed by atoms with Gasteiger partial charge in [-0.05, 0) is 56.6 Å². The molecular weight excluding hydrogens is 671 g/mol. The normalized spacial score (nSPS) is 11.3. The third-order valence-electron chi connectivity index (χ3n) is 10.2. The van der Waals surface area contributed by atoms with Gasteiger partial charge in [0.2, 0.25) is 0 Å². The molecule has 10 aromatic rings. The zero-order valence-electron chi connectivity index (χ0n) is 29.8. The number of furan rings is 1. The van der Waals surface area contributed by atoms with Crippen LogP contribution >= 0.6 is 0 Å². The van der Waals surface area contributed by atoms with Crippen molar-refractivity contribution in [3.05, 3.63) is 200 Å². The standard InChI is InChI=1S/C51H33N3O/c1-3-14-36(15-4-1)40-18-7-9-20-43(40)50-52-49(53-51(54-50)44-21-10-8-19-41(44)37-16-5-2-6-17-37)39-32-28-35(29-33-39)34-26-30-38(31-27-34)42-23-13-25-47-48(42)45-22-11-12-24-46(45)55-47/h1-33H. The van der Waals surface area contributed by atoms with Gasteiger partial charge >= 0.3 is 0 Å². The summed E-state index contributed by atoms with van der Waals surface area (Å²) in [5.74, 6) is 1.87. The van der Waals surface area contributed by atoms with E-state index >= 15 is 0 Å². The number of hydrogen-bond donors (Lipinski definition) is 0. The number of aromatic nitrogens is 3. The highest BCUT2D eigenvalue weighted by Gasteiger charge is 2.18. The van der Waals surface area contributed by atoms with Crippen LogP contribution in [0.5, 0.6) is 0 Å². The lowest BCUT2D eigenvalue weighted by Crippen LogP contribution is -2.02. The van der Waals surface area contributed by atoms with E-state index in [1.54, 1.807) is 0 Å². The maximum absolute atomic E-state index is 6.16. The van der Waals surface area contributed by atoms with Gasteiger partial charge in [-0.2, -0.15) is 0 Å². The molecule has 0 spiro atoms. The van der Waals surface area contributed by atoms with E-state index in [4.69, 9.17) is 19.4 Å². The molecule has 10 rings (SSSR count). The molecule has 0 amide bonds. The fourth-order valence-corrected chi connectivity index (χ4v) is 7.51. The predicted molar refractivity (Wildman–Crippen MR) is 225 cm³/mol. The van der Waals surface area contributed by atoms with Gasteiger partial charge in [0.1, 0.15) is 11.2 Å². The molecule has 258 valence electrons. The van der Waals surface area contributed by atoms with Crippen molar-refractivity contribution in [1.29, 1.82) is 0 Å². The molecule has 2 heterocycles.